The summed E-state index contributed by atoms with van der Waals surface area (Å²) in [6, 6.07) is 11.2. The molecule has 2 amide bonds. The molecule has 1 N–H and O–H groups in total. The van der Waals surface area contributed by atoms with E-state index >= 15 is 0 Å². The van der Waals surface area contributed by atoms with Crippen LogP contribution in [-0.4, -0.2) is 112 Å². The van der Waals surface area contributed by atoms with Gasteiger partial charge < -0.3 is 19.1 Å². The third-order valence-electron chi connectivity index (χ3n) is 7.27. The van der Waals surface area contributed by atoms with Crippen molar-refractivity contribution in [2.24, 2.45) is 4.99 Å². The SMILES string of the molecule is COC1=CC2=C(N3CCN(NC(=O)[N+]#Cc4ccccc4)CC3)C(=C=O)C=NC2C=C1OCCCN1CCOCC1. The van der Waals surface area contributed by atoms with Gasteiger partial charge in [0.25, 0.3) is 0 Å². The smallest absolute Gasteiger partial charge is 0.493 e. The van der Waals surface area contributed by atoms with Gasteiger partial charge in [0.2, 0.25) is 0 Å². The molecule has 1 aromatic rings. The molecule has 11 heteroatoms. The lowest BCUT2D eigenvalue weighted by Crippen LogP contribution is -2.53. The zero-order valence-corrected chi connectivity index (χ0v) is 23.3. The number of nitrogens with one attached hydrogen (secondary N) is 1. The van der Waals surface area contributed by atoms with Gasteiger partial charge in [-0.2, -0.15) is 4.79 Å². The lowest BCUT2D eigenvalue weighted by molar-refractivity contribution is 0.0341. The fraction of sp³-hybridized carbons (Fsp3) is 0.433. The molecule has 0 radical (unpaired) electrons. The lowest BCUT2D eigenvalue weighted by atomic mass is 9.92. The minimum Gasteiger partial charge on any atom is -0.493 e. The van der Waals surface area contributed by atoms with E-state index in [2.05, 4.69) is 37.1 Å². The normalized spacial score (nSPS) is 21.1. The number of piperazine rings is 1. The van der Waals surface area contributed by atoms with Crippen LogP contribution >= 0.6 is 0 Å². The molecule has 0 saturated carbocycles. The zero-order valence-electron chi connectivity index (χ0n) is 23.3. The molecular weight excluding hydrogens is 524 g/mol. The van der Waals surface area contributed by atoms with Crippen LogP contribution in [0.4, 0.5) is 4.79 Å². The molecule has 1 aromatic carbocycles. The van der Waals surface area contributed by atoms with Gasteiger partial charge in [0.05, 0.1) is 57.3 Å². The summed E-state index contributed by atoms with van der Waals surface area (Å²) < 4.78 is 17.2. The molecule has 11 nitrogen and oxygen atoms in total. The molecule has 1 aliphatic carbocycles. The predicted octanol–water partition coefficient (Wildman–Crippen LogP) is 2.24. The van der Waals surface area contributed by atoms with Gasteiger partial charge in [0, 0.05) is 44.5 Å². The Balaban J connectivity index is 1.21. The highest BCUT2D eigenvalue weighted by molar-refractivity contribution is 5.97. The third kappa shape index (κ3) is 7.31. The van der Waals surface area contributed by atoms with Crippen LogP contribution in [-0.2, 0) is 19.0 Å². The molecule has 4 aliphatic rings. The van der Waals surface area contributed by atoms with E-state index in [1.807, 2.05) is 47.5 Å². The number of urea groups is 1. The Hall–Kier alpha value is -4.20. The number of dihydropyridines is 1. The summed E-state index contributed by atoms with van der Waals surface area (Å²) in [5, 5.41) is 1.82. The number of hydrogen-bond acceptors (Lipinski definition) is 9. The van der Waals surface area contributed by atoms with E-state index in [-0.39, 0.29) is 6.04 Å². The predicted molar refractivity (Wildman–Crippen MR) is 154 cm³/mol. The maximum absolute atomic E-state index is 12.3. The van der Waals surface area contributed by atoms with Gasteiger partial charge in [0.15, 0.2) is 17.6 Å². The third-order valence-corrected chi connectivity index (χ3v) is 7.27. The average Bonchev–Trinajstić information content (AvgIpc) is 3.02. The molecule has 5 rings (SSSR count). The Labute approximate surface area is 239 Å². The quantitative estimate of drug-likeness (QED) is 0.383. The molecule has 1 atom stereocenters. The molecule has 3 heterocycles. The van der Waals surface area contributed by atoms with Gasteiger partial charge >= 0.3 is 6.03 Å². The number of rotatable bonds is 8. The summed E-state index contributed by atoms with van der Waals surface area (Å²) in [6.45, 7) is 7.25. The second-order valence-corrected chi connectivity index (χ2v) is 9.92. The number of amides is 2. The summed E-state index contributed by atoms with van der Waals surface area (Å²) in [7, 11) is 1.61. The monoisotopic (exact) mass is 559 g/mol. The number of carbonyl (C=O) groups is 1. The Morgan fingerprint density at radius 3 is 2.63 bits per heavy atom. The molecule has 214 valence electrons. The van der Waals surface area contributed by atoms with E-state index in [4.69, 9.17) is 14.2 Å². The number of hydrazine groups is 1. The number of fused-ring (bicyclic) bond motifs is 1. The summed E-state index contributed by atoms with van der Waals surface area (Å²) in [5.41, 5.74) is 5.57. The maximum Gasteiger partial charge on any atom is 0.617 e. The molecule has 0 aromatic heterocycles. The second-order valence-electron chi connectivity index (χ2n) is 9.92. The second kappa shape index (κ2) is 13.9. The fourth-order valence-corrected chi connectivity index (χ4v) is 5.15. The largest absolute Gasteiger partial charge is 0.617 e. The first-order valence-electron chi connectivity index (χ1n) is 13.9. The number of carbonyl (C=O) groups excluding carboxylic acids is 2. The van der Waals surface area contributed by atoms with Crippen molar-refractivity contribution in [3.8, 4) is 6.07 Å². The number of allylic oxidation sites excluding steroid dienone is 1. The van der Waals surface area contributed by atoms with Gasteiger partial charge in [-0.15, -0.1) is 15.3 Å². The van der Waals surface area contributed by atoms with Crippen molar-refractivity contribution < 1.29 is 23.8 Å². The van der Waals surface area contributed by atoms with Gasteiger partial charge in [-0.3, -0.25) is 9.89 Å². The molecule has 0 bridgehead atoms. The van der Waals surface area contributed by atoms with Crippen LogP contribution in [0.2, 0.25) is 0 Å². The number of ether oxygens (including phenoxy) is 3. The van der Waals surface area contributed by atoms with Crippen LogP contribution in [0.25, 0.3) is 4.85 Å². The van der Waals surface area contributed by atoms with Crippen molar-refractivity contribution in [3.63, 3.8) is 0 Å². The molecule has 1 unspecified atom stereocenters. The fourth-order valence-electron chi connectivity index (χ4n) is 5.15. The number of morpholine rings is 1. The molecule has 2 fully saturated rings. The van der Waals surface area contributed by atoms with Crippen LogP contribution in [0.15, 0.2) is 75.8 Å². The van der Waals surface area contributed by atoms with Crippen LogP contribution in [0, 0.1) is 6.07 Å². The minimum absolute atomic E-state index is 0.296. The number of aliphatic imine (C=N–C) groups is 1. The summed E-state index contributed by atoms with van der Waals surface area (Å²) in [6.07, 6.45) is 6.33. The van der Waals surface area contributed by atoms with E-state index in [0.717, 1.165) is 56.1 Å². The highest BCUT2D eigenvalue weighted by atomic mass is 16.5. The van der Waals surface area contributed by atoms with Crippen LogP contribution in [0.5, 0.6) is 0 Å². The van der Waals surface area contributed by atoms with Gasteiger partial charge in [-0.25, -0.2) is 4.79 Å². The first kappa shape index (κ1) is 28.3. The molecular formula is C30H35N6O5+. The standard InChI is InChI=1S/C30H34N6O5/c1-39-27-18-25-26(19-28(27)41-15-5-8-34-13-16-40-17-14-34)31-21-24(22-37)29(25)35-9-11-36(12-10-35)33-30(38)32-20-23-6-3-2-4-7-23/h2-4,6-7,18-19,21,26H,5,8-17H2,1H3/p+1. The van der Waals surface area contributed by atoms with Crippen LogP contribution in [0.1, 0.15) is 12.0 Å². The topological polar surface area (TPSA) is 100 Å². The Kier molecular flexibility index (Phi) is 9.62. The van der Waals surface area contributed by atoms with E-state index < -0.39 is 6.03 Å². The van der Waals surface area contributed by atoms with Crippen molar-refractivity contribution in [1.29, 1.82) is 0 Å². The van der Waals surface area contributed by atoms with Crippen molar-refractivity contribution in [2.75, 3.05) is 72.7 Å². The molecule has 0 spiro atoms. The van der Waals surface area contributed by atoms with Gasteiger partial charge in [-0.1, -0.05) is 18.2 Å². The number of benzene rings is 1. The first-order valence-corrected chi connectivity index (χ1v) is 13.9. The first-order chi connectivity index (χ1) is 20.1. The average molecular weight is 560 g/mol. The van der Waals surface area contributed by atoms with Crippen molar-refractivity contribution in [3.05, 3.63) is 81.3 Å². The highest BCUT2D eigenvalue weighted by Crippen LogP contribution is 2.34. The van der Waals surface area contributed by atoms with Gasteiger partial charge in [0.1, 0.15) is 11.5 Å². The van der Waals surface area contributed by atoms with Crippen molar-refractivity contribution in [2.45, 2.75) is 12.5 Å². The van der Waals surface area contributed by atoms with Crippen LogP contribution in [0.3, 0.4) is 0 Å². The molecule has 2 saturated heterocycles. The van der Waals surface area contributed by atoms with Crippen molar-refractivity contribution >= 4 is 18.2 Å². The Morgan fingerprint density at radius 1 is 1.12 bits per heavy atom. The number of methoxy groups -OCH3 is 1. The zero-order chi connectivity index (χ0) is 28.4. The van der Waals surface area contributed by atoms with E-state index in [1.54, 1.807) is 13.3 Å². The Morgan fingerprint density at radius 2 is 1.90 bits per heavy atom. The number of hydrogen-bond donors (Lipinski definition) is 1. The summed E-state index contributed by atoms with van der Waals surface area (Å²) in [5.74, 6) is 3.30. The molecule has 41 heavy (non-hydrogen) atoms. The van der Waals surface area contributed by atoms with E-state index in [1.165, 1.54) is 0 Å². The lowest BCUT2D eigenvalue weighted by Gasteiger charge is -2.37. The number of nitrogens with zero attached hydrogens (tertiary/aromatic N) is 5. The summed E-state index contributed by atoms with van der Waals surface area (Å²) >= 11 is 0. The minimum atomic E-state index is -0.481. The summed E-state index contributed by atoms with van der Waals surface area (Å²) in [4.78, 5) is 37.2. The van der Waals surface area contributed by atoms with E-state index in [0.29, 0.717) is 49.9 Å². The maximum atomic E-state index is 12.3. The molecule has 3 aliphatic heterocycles. The van der Waals surface area contributed by atoms with E-state index in [9.17, 15) is 9.59 Å². The van der Waals surface area contributed by atoms with Crippen LogP contribution < -0.4 is 5.43 Å². The highest BCUT2D eigenvalue weighted by Gasteiger charge is 2.33. The van der Waals surface area contributed by atoms with Gasteiger partial charge in [-0.05, 0) is 30.7 Å². The Bertz CT molecular complexity index is 1340. The van der Waals surface area contributed by atoms with Crippen molar-refractivity contribution in [1.82, 2.24) is 20.2 Å².